The number of sulfonamides is 1. The molecule has 2 aromatic rings. The molecule has 31 heavy (non-hydrogen) atoms. The fourth-order valence-electron chi connectivity index (χ4n) is 3.89. The summed E-state index contributed by atoms with van der Waals surface area (Å²) in [6.45, 7) is 4.24. The van der Waals surface area contributed by atoms with Crippen LogP contribution in [-0.2, 0) is 10.0 Å². The van der Waals surface area contributed by atoms with Crippen LogP contribution >= 0.6 is 0 Å². The Balaban J connectivity index is 1.95. The van der Waals surface area contributed by atoms with Gasteiger partial charge in [0.1, 0.15) is 0 Å². The summed E-state index contributed by atoms with van der Waals surface area (Å²) in [7, 11) is 1.06. The topological polar surface area (TPSA) is 76.2 Å². The van der Waals surface area contributed by atoms with Crippen molar-refractivity contribution in [3.05, 3.63) is 47.5 Å². The highest BCUT2D eigenvalue weighted by Crippen LogP contribution is 2.32. The molecule has 1 aliphatic rings. The van der Waals surface area contributed by atoms with Crippen LogP contribution in [0.4, 0.5) is 5.69 Å². The molecule has 2 aromatic carbocycles. The van der Waals surface area contributed by atoms with Crippen molar-refractivity contribution in [1.29, 1.82) is 0 Å². The van der Waals surface area contributed by atoms with Crippen LogP contribution in [0.5, 0.6) is 11.5 Å². The van der Waals surface area contributed by atoms with E-state index >= 15 is 0 Å². The molecule has 7 nitrogen and oxygen atoms in total. The van der Waals surface area contributed by atoms with Gasteiger partial charge in [0.05, 0.1) is 19.1 Å². The average molecular weight is 447 g/mol. The van der Waals surface area contributed by atoms with Gasteiger partial charge in [0, 0.05) is 37.0 Å². The van der Waals surface area contributed by atoms with E-state index in [0.29, 0.717) is 34.9 Å². The average Bonchev–Trinajstić information content (AvgIpc) is 2.77. The Hall–Kier alpha value is -2.58. The third-order valence-corrected chi connectivity index (χ3v) is 7.86. The maximum absolute atomic E-state index is 13.3. The second-order valence-electron chi connectivity index (χ2n) is 7.84. The number of aryl methyl sites for hydroxylation is 1. The zero-order valence-corrected chi connectivity index (χ0v) is 19.5. The minimum atomic E-state index is -3.67. The molecule has 1 heterocycles. The summed E-state index contributed by atoms with van der Waals surface area (Å²) >= 11 is 0. The van der Waals surface area contributed by atoms with Crippen LogP contribution in [0.15, 0.2) is 41.3 Å². The molecule has 168 valence electrons. The van der Waals surface area contributed by atoms with Crippen molar-refractivity contribution < 1.29 is 22.7 Å². The number of carbonyl (C=O) groups excluding carboxylic acids is 1. The van der Waals surface area contributed by atoms with E-state index in [0.717, 1.165) is 19.3 Å². The van der Waals surface area contributed by atoms with E-state index in [1.807, 2.05) is 6.92 Å². The van der Waals surface area contributed by atoms with Crippen molar-refractivity contribution in [2.24, 2.45) is 0 Å². The highest BCUT2D eigenvalue weighted by atomic mass is 32.2. The number of ether oxygens (including phenoxy) is 2. The predicted octanol–water partition coefficient (Wildman–Crippen LogP) is 3.85. The lowest BCUT2D eigenvalue weighted by Crippen LogP contribution is -2.42. The number of anilines is 1. The summed E-state index contributed by atoms with van der Waals surface area (Å²) in [5.74, 6) is 0.771. The molecule has 0 aromatic heterocycles. The van der Waals surface area contributed by atoms with E-state index in [2.05, 4.69) is 0 Å². The van der Waals surface area contributed by atoms with Crippen molar-refractivity contribution in [2.45, 2.75) is 44.0 Å². The van der Waals surface area contributed by atoms with Gasteiger partial charge in [-0.2, -0.15) is 4.31 Å². The third kappa shape index (κ3) is 4.55. The van der Waals surface area contributed by atoms with Crippen LogP contribution in [0.25, 0.3) is 0 Å². The van der Waals surface area contributed by atoms with Crippen LogP contribution in [0.2, 0.25) is 0 Å². The molecule has 0 saturated carbocycles. The van der Waals surface area contributed by atoms with E-state index < -0.39 is 10.0 Å². The molecule has 1 fully saturated rings. The lowest BCUT2D eigenvalue weighted by atomic mass is 10.1. The minimum absolute atomic E-state index is 0.0476. The molecule has 8 heteroatoms. The second-order valence-corrected chi connectivity index (χ2v) is 9.73. The van der Waals surface area contributed by atoms with Crippen LogP contribution < -0.4 is 14.4 Å². The fourth-order valence-corrected chi connectivity index (χ4v) is 5.61. The number of piperidine rings is 1. The van der Waals surface area contributed by atoms with Gasteiger partial charge in [0.2, 0.25) is 10.0 Å². The summed E-state index contributed by atoms with van der Waals surface area (Å²) < 4.78 is 38.6. The van der Waals surface area contributed by atoms with Gasteiger partial charge in [0.15, 0.2) is 11.5 Å². The molecule has 0 radical (unpaired) electrons. The summed E-state index contributed by atoms with van der Waals surface area (Å²) in [6, 6.07) is 9.91. The van der Waals surface area contributed by atoms with Gasteiger partial charge in [-0.25, -0.2) is 8.42 Å². The van der Waals surface area contributed by atoms with Crippen molar-refractivity contribution in [3.8, 4) is 11.5 Å². The van der Waals surface area contributed by atoms with Gasteiger partial charge in [-0.3, -0.25) is 4.79 Å². The normalized spacial score (nSPS) is 17.3. The Kier molecular flexibility index (Phi) is 6.91. The number of carbonyl (C=O) groups is 1. The van der Waals surface area contributed by atoms with Crippen LogP contribution in [0, 0.1) is 6.92 Å². The van der Waals surface area contributed by atoms with Crippen molar-refractivity contribution in [1.82, 2.24) is 4.31 Å². The van der Waals surface area contributed by atoms with Gasteiger partial charge in [0.25, 0.3) is 5.91 Å². The standard InChI is InChI=1S/C23H30N2O5S/c1-16-9-11-19(31(27,28)25-13-7-6-8-17(25)2)15-20(16)23(26)24(3)18-10-12-21(29-4)22(14-18)30-5/h9-12,14-15,17H,6-8,13H2,1-5H3. The van der Waals surface area contributed by atoms with Crippen molar-refractivity contribution >= 4 is 21.6 Å². The van der Waals surface area contributed by atoms with Crippen molar-refractivity contribution in [2.75, 3.05) is 32.7 Å². The SMILES string of the molecule is COc1ccc(N(C)C(=O)c2cc(S(=O)(=O)N3CCCCC3C)ccc2C)cc1OC. The molecular weight excluding hydrogens is 416 g/mol. The van der Waals surface area contributed by atoms with Gasteiger partial charge in [-0.05, 0) is 56.5 Å². The first-order valence-electron chi connectivity index (χ1n) is 10.3. The monoisotopic (exact) mass is 446 g/mol. The van der Waals surface area contributed by atoms with Gasteiger partial charge in [-0.1, -0.05) is 12.5 Å². The number of amides is 1. The zero-order chi connectivity index (χ0) is 22.8. The maximum atomic E-state index is 13.3. The van der Waals surface area contributed by atoms with E-state index in [4.69, 9.17) is 9.47 Å². The van der Waals surface area contributed by atoms with Crippen LogP contribution in [0.1, 0.15) is 42.1 Å². The van der Waals surface area contributed by atoms with E-state index in [-0.39, 0.29) is 16.8 Å². The molecule has 1 atom stereocenters. The highest BCUT2D eigenvalue weighted by Gasteiger charge is 2.32. The van der Waals surface area contributed by atoms with Gasteiger partial charge < -0.3 is 14.4 Å². The zero-order valence-electron chi connectivity index (χ0n) is 18.7. The molecule has 3 rings (SSSR count). The number of nitrogens with zero attached hydrogens (tertiary/aromatic N) is 2. The van der Waals surface area contributed by atoms with Crippen LogP contribution in [-0.4, -0.2) is 52.5 Å². The lowest BCUT2D eigenvalue weighted by molar-refractivity contribution is 0.0992. The number of hydrogen-bond donors (Lipinski definition) is 0. The molecule has 0 spiro atoms. The maximum Gasteiger partial charge on any atom is 0.258 e. The smallest absolute Gasteiger partial charge is 0.258 e. The quantitative estimate of drug-likeness (QED) is 0.674. The van der Waals surface area contributed by atoms with E-state index in [9.17, 15) is 13.2 Å². The summed E-state index contributed by atoms with van der Waals surface area (Å²) in [5.41, 5.74) is 1.67. The fraction of sp³-hybridized carbons (Fsp3) is 0.435. The van der Waals surface area contributed by atoms with Gasteiger partial charge in [-0.15, -0.1) is 0 Å². The summed E-state index contributed by atoms with van der Waals surface area (Å²) in [5, 5.41) is 0. The minimum Gasteiger partial charge on any atom is -0.493 e. The highest BCUT2D eigenvalue weighted by molar-refractivity contribution is 7.89. The molecule has 1 unspecified atom stereocenters. The first kappa shape index (κ1) is 23.1. The Labute approximate surface area is 184 Å². The summed E-state index contributed by atoms with van der Waals surface area (Å²) in [6.07, 6.45) is 2.73. The number of benzene rings is 2. The molecule has 1 amide bonds. The number of methoxy groups -OCH3 is 2. The molecule has 0 aliphatic carbocycles. The Bertz CT molecular complexity index is 1070. The molecule has 1 saturated heterocycles. The lowest BCUT2D eigenvalue weighted by Gasteiger charge is -2.32. The Morgan fingerprint density at radius 3 is 2.42 bits per heavy atom. The Morgan fingerprint density at radius 2 is 1.77 bits per heavy atom. The van der Waals surface area contributed by atoms with Gasteiger partial charge >= 0.3 is 0 Å². The third-order valence-electron chi connectivity index (χ3n) is 5.85. The first-order chi connectivity index (χ1) is 14.7. The largest absolute Gasteiger partial charge is 0.493 e. The van der Waals surface area contributed by atoms with E-state index in [1.165, 1.54) is 18.1 Å². The number of rotatable bonds is 6. The molecule has 0 bridgehead atoms. The van der Waals surface area contributed by atoms with E-state index in [1.54, 1.807) is 55.7 Å². The predicted molar refractivity (Wildman–Crippen MR) is 121 cm³/mol. The molecule has 1 aliphatic heterocycles. The van der Waals surface area contributed by atoms with Crippen LogP contribution in [0.3, 0.4) is 0 Å². The molecular formula is C23H30N2O5S. The molecule has 0 N–H and O–H groups in total. The Morgan fingerprint density at radius 1 is 1.06 bits per heavy atom. The number of hydrogen-bond acceptors (Lipinski definition) is 5. The summed E-state index contributed by atoms with van der Waals surface area (Å²) in [4.78, 5) is 14.9. The first-order valence-corrected chi connectivity index (χ1v) is 11.8. The second kappa shape index (κ2) is 9.28. The van der Waals surface area contributed by atoms with Crippen molar-refractivity contribution in [3.63, 3.8) is 0 Å².